The molecule has 0 heterocycles. The van der Waals surface area contributed by atoms with Crippen LogP contribution >= 0.6 is 0 Å². The smallest absolute Gasteiger partial charge is 0.0102 e. The van der Waals surface area contributed by atoms with E-state index in [0.29, 0.717) is 11.5 Å². The van der Waals surface area contributed by atoms with Crippen molar-refractivity contribution >= 4 is 0 Å². The standard InChI is InChI=1S/C11H20N2/c12-10-7-11(10)5-3-9(4-6-11)13-8-1-2-8/h8-10,13H,1-7,12H2. The minimum Gasteiger partial charge on any atom is -0.327 e. The maximum atomic E-state index is 5.97. The average Bonchev–Trinajstić information content (AvgIpc) is 2.99. The minimum atomic E-state index is 0.550. The highest BCUT2D eigenvalue weighted by Crippen LogP contribution is 2.55. The first-order valence-corrected chi connectivity index (χ1v) is 5.80. The lowest BCUT2D eigenvalue weighted by molar-refractivity contribution is 0.266. The average molecular weight is 180 g/mol. The summed E-state index contributed by atoms with van der Waals surface area (Å²) in [6, 6.07) is 2.26. The molecule has 3 aliphatic rings. The van der Waals surface area contributed by atoms with E-state index in [0.717, 1.165) is 12.1 Å². The van der Waals surface area contributed by atoms with Crippen LogP contribution < -0.4 is 11.1 Å². The van der Waals surface area contributed by atoms with E-state index in [9.17, 15) is 0 Å². The van der Waals surface area contributed by atoms with Crippen molar-refractivity contribution < 1.29 is 0 Å². The molecule has 2 nitrogen and oxygen atoms in total. The molecule has 0 radical (unpaired) electrons. The van der Waals surface area contributed by atoms with Crippen LogP contribution in [0.3, 0.4) is 0 Å². The molecule has 3 rings (SSSR count). The summed E-state index contributed by atoms with van der Waals surface area (Å²) in [5.41, 5.74) is 6.58. The predicted octanol–water partition coefficient (Wildman–Crippen LogP) is 1.40. The molecule has 1 spiro atoms. The van der Waals surface area contributed by atoms with E-state index in [1.807, 2.05) is 0 Å². The molecular weight excluding hydrogens is 160 g/mol. The lowest BCUT2D eigenvalue weighted by Crippen LogP contribution is -2.36. The summed E-state index contributed by atoms with van der Waals surface area (Å²) in [4.78, 5) is 0. The second-order valence-electron chi connectivity index (χ2n) is 5.39. The zero-order chi connectivity index (χ0) is 8.89. The molecule has 3 fully saturated rings. The SMILES string of the molecule is NC1CC12CCC(NC1CC1)CC2. The molecule has 3 N–H and O–H groups in total. The zero-order valence-electron chi connectivity index (χ0n) is 8.26. The summed E-state index contributed by atoms with van der Waals surface area (Å²) in [7, 11) is 0. The van der Waals surface area contributed by atoms with Gasteiger partial charge in [-0.1, -0.05) is 0 Å². The normalized spacial score (nSPS) is 49.6. The largest absolute Gasteiger partial charge is 0.327 e. The van der Waals surface area contributed by atoms with Crippen LogP contribution in [0, 0.1) is 5.41 Å². The van der Waals surface area contributed by atoms with E-state index in [1.54, 1.807) is 0 Å². The van der Waals surface area contributed by atoms with Gasteiger partial charge in [0.2, 0.25) is 0 Å². The lowest BCUT2D eigenvalue weighted by Gasteiger charge is -2.29. The van der Waals surface area contributed by atoms with E-state index in [1.165, 1.54) is 44.9 Å². The summed E-state index contributed by atoms with van der Waals surface area (Å²) in [5, 5.41) is 3.73. The van der Waals surface area contributed by atoms with Crippen LogP contribution in [0.1, 0.15) is 44.9 Å². The van der Waals surface area contributed by atoms with Crippen LogP contribution in [0.25, 0.3) is 0 Å². The van der Waals surface area contributed by atoms with Gasteiger partial charge in [-0.3, -0.25) is 0 Å². The van der Waals surface area contributed by atoms with Crippen molar-refractivity contribution in [2.45, 2.75) is 63.1 Å². The molecule has 3 saturated carbocycles. The fraction of sp³-hybridized carbons (Fsp3) is 1.00. The maximum Gasteiger partial charge on any atom is 0.0102 e. The molecule has 0 bridgehead atoms. The molecule has 0 aromatic rings. The molecule has 1 unspecified atom stereocenters. The van der Waals surface area contributed by atoms with E-state index in [4.69, 9.17) is 5.73 Å². The van der Waals surface area contributed by atoms with Gasteiger partial charge >= 0.3 is 0 Å². The summed E-state index contributed by atoms with van der Waals surface area (Å²) in [6.07, 6.45) is 9.68. The fourth-order valence-corrected chi connectivity index (χ4v) is 2.90. The zero-order valence-corrected chi connectivity index (χ0v) is 8.26. The monoisotopic (exact) mass is 180 g/mol. The first-order valence-electron chi connectivity index (χ1n) is 5.80. The molecule has 3 aliphatic carbocycles. The molecule has 0 aromatic carbocycles. The minimum absolute atomic E-state index is 0.550. The quantitative estimate of drug-likeness (QED) is 0.674. The van der Waals surface area contributed by atoms with E-state index < -0.39 is 0 Å². The Labute approximate surface area is 80.3 Å². The van der Waals surface area contributed by atoms with Crippen molar-refractivity contribution in [3.63, 3.8) is 0 Å². The van der Waals surface area contributed by atoms with Crippen molar-refractivity contribution in [3.8, 4) is 0 Å². The van der Waals surface area contributed by atoms with Gasteiger partial charge < -0.3 is 11.1 Å². The van der Waals surface area contributed by atoms with E-state index in [-0.39, 0.29) is 0 Å². The van der Waals surface area contributed by atoms with E-state index in [2.05, 4.69) is 5.32 Å². The molecule has 2 heteroatoms. The van der Waals surface area contributed by atoms with Gasteiger partial charge in [-0.15, -0.1) is 0 Å². The highest BCUT2D eigenvalue weighted by molar-refractivity contribution is 5.08. The maximum absolute atomic E-state index is 5.97. The number of hydrogen-bond acceptors (Lipinski definition) is 2. The number of nitrogens with one attached hydrogen (secondary N) is 1. The Kier molecular flexibility index (Phi) is 1.72. The second-order valence-corrected chi connectivity index (χ2v) is 5.39. The third-order valence-corrected chi connectivity index (χ3v) is 4.28. The van der Waals surface area contributed by atoms with Crippen molar-refractivity contribution in [2.75, 3.05) is 0 Å². The first-order chi connectivity index (χ1) is 6.28. The van der Waals surface area contributed by atoms with Gasteiger partial charge in [-0.05, 0) is 50.4 Å². The molecular formula is C11H20N2. The van der Waals surface area contributed by atoms with Crippen LogP contribution in [0.5, 0.6) is 0 Å². The Hall–Kier alpha value is -0.0800. The number of rotatable bonds is 2. The van der Waals surface area contributed by atoms with Crippen molar-refractivity contribution in [2.24, 2.45) is 11.1 Å². The van der Waals surface area contributed by atoms with E-state index >= 15 is 0 Å². The molecule has 1 atom stereocenters. The molecule has 0 aliphatic heterocycles. The summed E-state index contributed by atoms with van der Waals surface area (Å²) >= 11 is 0. The second kappa shape index (κ2) is 2.71. The van der Waals surface area contributed by atoms with Crippen LogP contribution in [0.15, 0.2) is 0 Å². The van der Waals surface area contributed by atoms with Gasteiger partial charge in [-0.2, -0.15) is 0 Å². The lowest BCUT2D eigenvalue weighted by atomic mass is 9.83. The van der Waals surface area contributed by atoms with Gasteiger partial charge in [-0.25, -0.2) is 0 Å². The van der Waals surface area contributed by atoms with Crippen molar-refractivity contribution in [1.29, 1.82) is 0 Å². The fourth-order valence-electron chi connectivity index (χ4n) is 2.90. The Balaban J connectivity index is 1.49. The highest BCUT2D eigenvalue weighted by atomic mass is 15.0. The van der Waals surface area contributed by atoms with Crippen LogP contribution in [-0.4, -0.2) is 18.1 Å². The third-order valence-electron chi connectivity index (χ3n) is 4.28. The molecule has 0 aromatic heterocycles. The Bertz CT molecular complexity index is 202. The first kappa shape index (κ1) is 8.25. The Morgan fingerprint density at radius 1 is 1.00 bits per heavy atom. The molecule has 0 saturated heterocycles. The van der Waals surface area contributed by atoms with Crippen LogP contribution in [-0.2, 0) is 0 Å². The summed E-state index contributed by atoms with van der Waals surface area (Å²) in [6.45, 7) is 0. The van der Waals surface area contributed by atoms with Crippen molar-refractivity contribution in [3.05, 3.63) is 0 Å². The van der Waals surface area contributed by atoms with Crippen LogP contribution in [0.4, 0.5) is 0 Å². The van der Waals surface area contributed by atoms with Gasteiger partial charge in [0.15, 0.2) is 0 Å². The molecule has 13 heavy (non-hydrogen) atoms. The van der Waals surface area contributed by atoms with Gasteiger partial charge in [0, 0.05) is 18.1 Å². The predicted molar refractivity (Wildman–Crippen MR) is 53.4 cm³/mol. The van der Waals surface area contributed by atoms with Gasteiger partial charge in [0.25, 0.3) is 0 Å². The highest BCUT2D eigenvalue weighted by Gasteiger charge is 2.52. The topological polar surface area (TPSA) is 38.0 Å². The summed E-state index contributed by atoms with van der Waals surface area (Å²) in [5.74, 6) is 0. The molecule has 74 valence electrons. The number of nitrogens with two attached hydrogens (primary N) is 1. The van der Waals surface area contributed by atoms with Gasteiger partial charge in [0.05, 0.1) is 0 Å². The summed E-state index contributed by atoms with van der Waals surface area (Å²) < 4.78 is 0. The Morgan fingerprint density at radius 2 is 1.54 bits per heavy atom. The third kappa shape index (κ3) is 1.50. The van der Waals surface area contributed by atoms with Gasteiger partial charge in [0.1, 0.15) is 0 Å². The molecule has 0 amide bonds. The van der Waals surface area contributed by atoms with Crippen LogP contribution in [0.2, 0.25) is 0 Å². The number of hydrogen-bond donors (Lipinski definition) is 2. The van der Waals surface area contributed by atoms with Crippen molar-refractivity contribution in [1.82, 2.24) is 5.32 Å². The Morgan fingerprint density at radius 3 is 2.00 bits per heavy atom.